The summed E-state index contributed by atoms with van der Waals surface area (Å²) in [4.78, 5) is 4.36. The van der Waals surface area contributed by atoms with Gasteiger partial charge in [0, 0.05) is 19.6 Å². The van der Waals surface area contributed by atoms with Crippen LogP contribution in [0.3, 0.4) is 0 Å². The lowest BCUT2D eigenvalue weighted by molar-refractivity contribution is 0.488. The minimum Gasteiger partial charge on any atom is -0.356 e. The monoisotopic (exact) mass is 283 g/mol. The summed E-state index contributed by atoms with van der Waals surface area (Å²) in [6.45, 7) is 1.02. The normalized spacial score (nSPS) is 20.5. The van der Waals surface area contributed by atoms with Crippen molar-refractivity contribution in [1.82, 2.24) is 10.6 Å². The molecule has 0 aliphatic heterocycles. The number of nitrogens with one attached hydrogen (secondary N) is 2. The number of nitrogens with zero attached hydrogens (tertiary/aromatic N) is 1. The molecule has 1 saturated carbocycles. The van der Waals surface area contributed by atoms with Crippen LogP contribution < -0.4 is 10.6 Å². The molecule has 3 heteroatoms. The quantitative estimate of drug-likeness (QED) is 0.495. The highest BCUT2D eigenvalue weighted by Gasteiger charge is 2.42. The van der Waals surface area contributed by atoms with Gasteiger partial charge in [-0.25, -0.2) is 0 Å². The summed E-state index contributed by atoms with van der Waals surface area (Å²) < 4.78 is 0. The molecular weight excluding hydrogens is 258 g/mol. The molecule has 3 nitrogen and oxygen atoms in total. The molecule has 0 saturated heterocycles. The van der Waals surface area contributed by atoms with Crippen LogP contribution in [0, 0.1) is 5.41 Å². The molecule has 0 amide bonds. The van der Waals surface area contributed by atoms with Gasteiger partial charge in [-0.15, -0.1) is 0 Å². The third kappa shape index (κ3) is 3.87. The predicted molar refractivity (Wildman–Crippen MR) is 88.5 cm³/mol. The van der Waals surface area contributed by atoms with Crippen LogP contribution in [-0.4, -0.2) is 25.6 Å². The molecule has 0 bridgehead atoms. The molecule has 1 aromatic rings. The lowest BCUT2D eigenvalue weighted by Crippen LogP contribution is -2.44. The molecule has 0 aromatic heterocycles. The van der Waals surface area contributed by atoms with E-state index < -0.39 is 0 Å². The Morgan fingerprint density at radius 3 is 2.52 bits per heavy atom. The molecule has 0 atom stereocenters. The zero-order chi connectivity index (χ0) is 14.5. The molecule has 112 valence electrons. The van der Waals surface area contributed by atoms with Gasteiger partial charge < -0.3 is 10.6 Å². The van der Waals surface area contributed by atoms with E-state index in [4.69, 9.17) is 0 Å². The zero-order valence-corrected chi connectivity index (χ0v) is 12.8. The zero-order valence-electron chi connectivity index (χ0n) is 12.8. The van der Waals surface area contributed by atoms with Crippen molar-refractivity contribution in [3.8, 4) is 0 Å². The Balaban J connectivity index is 1.49. The minimum atomic E-state index is 0.437. The van der Waals surface area contributed by atoms with Gasteiger partial charge in [-0.3, -0.25) is 4.99 Å². The molecule has 0 radical (unpaired) electrons. The van der Waals surface area contributed by atoms with Crippen molar-refractivity contribution in [3.63, 3.8) is 0 Å². The Morgan fingerprint density at radius 2 is 1.90 bits per heavy atom. The van der Waals surface area contributed by atoms with Crippen molar-refractivity contribution in [2.45, 2.75) is 38.1 Å². The van der Waals surface area contributed by atoms with E-state index >= 15 is 0 Å². The largest absolute Gasteiger partial charge is 0.356 e. The number of aliphatic imine (C=N–C) groups is 1. The molecular formula is C18H25N3. The van der Waals surface area contributed by atoms with Crippen LogP contribution in [0.15, 0.2) is 47.5 Å². The van der Waals surface area contributed by atoms with E-state index in [0.29, 0.717) is 11.5 Å². The lowest BCUT2D eigenvalue weighted by Gasteiger charge is -2.21. The van der Waals surface area contributed by atoms with E-state index in [0.717, 1.165) is 25.3 Å². The summed E-state index contributed by atoms with van der Waals surface area (Å²) in [5.74, 6) is 0.947. The van der Waals surface area contributed by atoms with Crippen LogP contribution >= 0.6 is 0 Å². The van der Waals surface area contributed by atoms with Crippen LogP contribution in [0.5, 0.6) is 0 Å². The Labute approximate surface area is 127 Å². The predicted octanol–water partition coefficient (Wildman–Crippen LogP) is 2.89. The highest BCUT2D eigenvalue weighted by Crippen LogP contribution is 2.47. The maximum atomic E-state index is 4.36. The number of hydrogen-bond donors (Lipinski definition) is 2. The molecule has 21 heavy (non-hydrogen) atoms. The van der Waals surface area contributed by atoms with Gasteiger partial charge in [0.05, 0.1) is 0 Å². The highest BCUT2D eigenvalue weighted by molar-refractivity contribution is 5.80. The first-order valence-corrected chi connectivity index (χ1v) is 7.96. The number of rotatable bonds is 5. The fraction of sp³-hybridized carbons (Fsp3) is 0.500. The van der Waals surface area contributed by atoms with Gasteiger partial charge in [-0.1, -0.05) is 42.5 Å². The first-order chi connectivity index (χ1) is 10.3. The third-order valence-electron chi connectivity index (χ3n) is 4.58. The summed E-state index contributed by atoms with van der Waals surface area (Å²) >= 11 is 0. The Morgan fingerprint density at radius 1 is 1.19 bits per heavy atom. The van der Waals surface area contributed by atoms with Crippen molar-refractivity contribution in [2.75, 3.05) is 13.6 Å². The smallest absolute Gasteiger partial charge is 0.191 e. The van der Waals surface area contributed by atoms with Gasteiger partial charge >= 0.3 is 0 Å². The topological polar surface area (TPSA) is 36.4 Å². The molecule has 2 aliphatic rings. The average molecular weight is 283 g/mol. The fourth-order valence-electron chi connectivity index (χ4n) is 3.02. The summed E-state index contributed by atoms with van der Waals surface area (Å²) in [7, 11) is 1.86. The second-order valence-electron chi connectivity index (χ2n) is 6.37. The fourth-order valence-corrected chi connectivity index (χ4v) is 3.02. The second-order valence-corrected chi connectivity index (χ2v) is 6.37. The summed E-state index contributed by atoms with van der Waals surface area (Å²) in [5, 5.41) is 7.04. The first kappa shape index (κ1) is 14.2. The standard InChI is InChI=1S/C18H25N3/c1-19-17(21-16-9-5-6-10-16)20-14-18(11-12-18)13-15-7-3-2-4-8-15/h2-8,16H,9-14H2,1H3,(H2,19,20,21). The molecule has 1 fully saturated rings. The van der Waals surface area contributed by atoms with Crippen LogP contribution in [0.4, 0.5) is 0 Å². The van der Waals surface area contributed by atoms with Crippen molar-refractivity contribution >= 4 is 5.96 Å². The Hall–Kier alpha value is -1.77. The molecule has 3 rings (SSSR count). The molecule has 0 spiro atoms. The Kier molecular flexibility index (Phi) is 4.28. The van der Waals surface area contributed by atoms with E-state index in [2.05, 4.69) is 58.1 Å². The van der Waals surface area contributed by atoms with Gasteiger partial charge in [0.15, 0.2) is 5.96 Å². The molecule has 2 aliphatic carbocycles. The minimum absolute atomic E-state index is 0.437. The summed E-state index contributed by atoms with van der Waals surface area (Å²) in [5.41, 5.74) is 1.88. The maximum Gasteiger partial charge on any atom is 0.191 e. The summed E-state index contributed by atoms with van der Waals surface area (Å²) in [6.07, 6.45) is 10.5. The van der Waals surface area contributed by atoms with Gasteiger partial charge in [0.25, 0.3) is 0 Å². The van der Waals surface area contributed by atoms with E-state index in [1.807, 2.05) is 7.05 Å². The molecule has 0 heterocycles. The van der Waals surface area contributed by atoms with Crippen LogP contribution in [-0.2, 0) is 6.42 Å². The third-order valence-corrected chi connectivity index (χ3v) is 4.58. The second kappa shape index (κ2) is 6.33. The Bertz CT molecular complexity index is 507. The average Bonchev–Trinajstić information content (AvgIpc) is 3.08. The van der Waals surface area contributed by atoms with E-state index in [-0.39, 0.29) is 0 Å². The van der Waals surface area contributed by atoms with Crippen molar-refractivity contribution < 1.29 is 0 Å². The van der Waals surface area contributed by atoms with Gasteiger partial charge in [0.2, 0.25) is 0 Å². The SMILES string of the molecule is CN=C(NCC1(Cc2ccccc2)CC1)NC1CC=CC1. The molecule has 0 unspecified atom stereocenters. The molecule has 1 aromatic carbocycles. The number of hydrogen-bond acceptors (Lipinski definition) is 1. The first-order valence-electron chi connectivity index (χ1n) is 7.96. The van der Waals surface area contributed by atoms with Gasteiger partial charge in [-0.05, 0) is 43.1 Å². The lowest BCUT2D eigenvalue weighted by atomic mass is 9.96. The van der Waals surface area contributed by atoms with E-state index in [9.17, 15) is 0 Å². The van der Waals surface area contributed by atoms with Crippen LogP contribution in [0.1, 0.15) is 31.2 Å². The summed E-state index contributed by atoms with van der Waals surface area (Å²) in [6, 6.07) is 11.3. The van der Waals surface area contributed by atoms with Gasteiger partial charge in [0.1, 0.15) is 0 Å². The number of guanidine groups is 1. The van der Waals surface area contributed by atoms with E-state index in [1.54, 1.807) is 0 Å². The number of benzene rings is 1. The van der Waals surface area contributed by atoms with Crippen LogP contribution in [0.25, 0.3) is 0 Å². The van der Waals surface area contributed by atoms with Gasteiger partial charge in [-0.2, -0.15) is 0 Å². The van der Waals surface area contributed by atoms with Crippen molar-refractivity contribution in [2.24, 2.45) is 10.4 Å². The van der Waals surface area contributed by atoms with Crippen molar-refractivity contribution in [3.05, 3.63) is 48.0 Å². The van der Waals surface area contributed by atoms with Crippen molar-refractivity contribution in [1.29, 1.82) is 0 Å². The maximum absolute atomic E-state index is 4.36. The molecule has 2 N–H and O–H groups in total. The highest BCUT2D eigenvalue weighted by atomic mass is 15.2. The van der Waals surface area contributed by atoms with Crippen LogP contribution in [0.2, 0.25) is 0 Å². The van der Waals surface area contributed by atoms with E-state index in [1.165, 1.54) is 24.8 Å².